The number of anilines is 1. The van der Waals surface area contributed by atoms with Crippen LogP contribution in [-0.2, 0) is 4.79 Å². The van der Waals surface area contributed by atoms with E-state index in [2.05, 4.69) is 10.1 Å². The molecule has 0 amide bonds. The molecule has 0 unspecified atom stereocenters. The second-order valence-electron chi connectivity index (χ2n) is 4.77. The number of hydrogen-bond donors (Lipinski definition) is 2. The number of hydrogen-bond acceptors (Lipinski definition) is 6. The maximum Gasteiger partial charge on any atom is 0.341 e. The van der Waals surface area contributed by atoms with E-state index in [1.165, 1.54) is 17.0 Å². The third-order valence-corrected chi connectivity index (χ3v) is 3.20. The second kappa shape index (κ2) is 7.69. The number of nitrogen functional groups attached to an aromatic ring is 1. The van der Waals surface area contributed by atoms with Gasteiger partial charge >= 0.3 is 5.97 Å². The Hall–Kier alpha value is -2.74. The van der Waals surface area contributed by atoms with Crippen LogP contribution in [0.2, 0.25) is 5.02 Å². The molecule has 0 fully saturated rings. The van der Waals surface area contributed by atoms with Gasteiger partial charge in [-0.1, -0.05) is 11.6 Å². The molecule has 0 aliphatic carbocycles. The summed E-state index contributed by atoms with van der Waals surface area (Å²) in [7, 11) is 0. The maximum absolute atomic E-state index is 10.6. The zero-order valence-electron chi connectivity index (χ0n) is 13.2. The van der Waals surface area contributed by atoms with Crippen molar-refractivity contribution in [3.8, 4) is 11.5 Å². The summed E-state index contributed by atoms with van der Waals surface area (Å²) >= 11 is 6.20. The van der Waals surface area contributed by atoms with E-state index in [-0.39, 0.29) is 11.7 Å². The van der Waals surface area contributed by atoms with Gasteiger partial charge in [-0.25, -0.2) is 14.5 Å². The van der Waals surface area contributed by atoms with Gasteiger partial charge in [0.05, 0.1) is 29.7 Å². The molecular weight excluding hydrogens is 336 g/mol. The lowest BCUT2D eigenvalue weighted by Gasteiger charge is -2.12. The Morgan fingerprint density at radius 1 is 1.46 bits per heavy atom. The van der Waals surface area contributed by atoms with Crippen molar-refractivity contribution in [2.75, 3.05) is 18.9 Å². The number of nitrogens with zero attached hydrogens (tertiary/aromatic N) is 3. The van der Waals surface area contributed by atoms with E-state index in [4.69, 9.17) is 31.9 Å². The molecule has 24 heavy (non-hydrogen) atoms. The fraction of sp³-hybridized carbons (Fsp3) is 0.267. The van der Waals surface area contributed by atoms with Gasteiger partial charge < -0.3 is 20.3 Å². The van der Waals surface area contributed by atoms with E-state index >= 15 is 0 Å². The normalized spacial score (nSPS) is 11.0. The van der Waals surface area contributed by atoms with Crippen LogP contribution in [0.5, 0.6) is 11.5 Å². The highest BCUT2D eigenvalue weighted by Gasteiger charge is 2.12. The van der Waals surface area contributed by atoms with Gasteiger partial charge in [0.2, 0.25) is 5.95 Å². The van der Waals surface area contributed by atoms with Gasteiger partial charge in [0, 0.05) is 11.6 Å². The van der Waals surface area contributed by atoms with Gasteiger partial charge in [-0.3, -0.25) is 0 Å². The first-order valence-electron chi connectivity index (χ1n) is 7.07. The summed E-state index contributed by atoms with van der Waals surface area (Å²) < 4.78 is 12.1. The number of carboxylic acid groups (broad SMARTS) is 1. The van der Waals surface area contributed by atoms with Crippen LogP contribution in [0.3, 0.4) is 0 Å². The lowest BCUT2D eigenvalue weighted by molar-refractivity contribution is -0.139. The second-order valence-corrected chi connectivity index (χ2v) is 5.17. The van der Waals surface area contributed by atoms with Gasteiger partial charge in [0.15, 0.2) is 18.1 Å². The number of nitrogens with two attached hydrogens (primary N) is 1. The molecule has 1 aromatic heterocycles. The van der Waals surface area contributed by atoms with Crippen molar-refractivity contribution >= 4 is 29.7 Å². The molecule has 0 bridgehead atoms. The van der Waals surface area contributed by atoms with Gasteiger partial charge in [-0.15, -0.1) is 0 Å². The smallest absolute Gasteiger partial charge is 0.341 e. The predicted octanol–water partition coefficient (Wildman–Crippen LogP) is 2.17. The van der Waals surface area contributed by atoms with Crippen LogP contribution < -0.4 is 15.2 Å². The topological polar surface area (TPSA) is 112 Å². The number of aromatic nitrogens is 2. The fourth-order valence-electron chi connectivity index (χ4n) is 1.89. The predicted molar refractivity (Wildman–Crippen MR) is 90.1 cm³/mol. The van der Waals surface area contributed by atoms with Crippen LogP contribution in [0.4, 0.5) is 5.95 Å². The van der Waals surface area contributed by atoms with Crippen LogP contribution in [-0.4, -0.2) is 40.2 Å². The molecule has 3 N–H and O–H groups in total. The molecule has 0 aliphatic heterocycles. The number of aliphatic carboxylic acids is 1. The first kappa shape index (κ1) is 17.6. The molecule has 0 aliphatic rings. The van der Waals surface area contributed by atoms with Gasteiger partial charge in [0.1, 0.15) is 0 Å². The largest absolute Gasteiger partial charge is 0.490 e. The van der Waals surface area contributed by atoms with Crippen molar-refractivity contribution in [3.63, 3.8) is 0 Å². The van der Waals surface area contributed by atoms with Crippen LogP contribution >= 0.6 is 11.6 Å². The monoisotopic (exact) mass is 352 g/mol. The number of rotatable bonds is 7. The van der Waals surface area contributed by atoms with Crippen molar-refractivity contribution in [3.05, 3.63) is 34.6 Å². The average Bonchev–Trinajstić information content (AvgIpc) is 2.83. The van der Waals surface area contributed by atoms with E-state index in [1.54, 1.807) is 26.1 Å². The van der Waals surface area contributed by atoms with Gasteiger partial charge in [-0.2, -0.15) is 5.10 Å². The maximum atomic E-state index is 10.6. The quantitative estimate of drug-likeness (QED) is 0.738. The van der Waals surface area contributed by atoms with Crippen LogP contribution in [0.15, 0.2) is 23.4 Å². The van der Waals surface area contributed by atoms with Crippen molar-refractivity contribution in [1.82, 2.24) is 9.66 Å². The molecule has 1 heterocycles. The Labute approximate surface area is 143 Å². The number of carboxylic acids is 1. The molecule has 0 spiro atoms. The third kappa shape index (κ3) is 4.39. The minimum atomic E-state index is -1.09. The molecule has 9 heteroatoms. The molecule has 0 saturated heterocycles. The molecule has 128 valence electrons. The van der Waals surface area contributed by atoms with Crippen LogP contribution in [0.25, 0.3) is 0 Å². The lowest BCUT2D eigenvalue weighted by atomic mass is 10.2. The molecular formula is C15H17ClN4O4. The number of aryl methyl sites for hydroxylation is 1. The Balaban J connectivity index is 2.31. The summed E-state index contributed by atoms with van der Waals surface area (Å²) in [5, 5.41) is 13.2. The molecule has 2 rings (SSSR count). The number of ether oxygens (including phenoxy) is 2. The first-order chi connectivity index (χ1) is 11.4. The number of imidazole rings is 1. The van der Waals surface area contributed by atoms with E-state index in [9.17, 15) is 4.79 Å². The third-order valence-electron chi connectivity index (χ3n) is 2.87. The molecule has 8 nitrogen and oxygen atoms in total. The fourth-order valence-corrected chi connectivity index (χ4v) is 2.09. The van der Waals surface area contributed by atoms with Crippen molar-refractivity contribution in [2.45, 2.75) is 13.8 Å². The van der Waals surface area contributed by atoms with E-state index in [1.807, 2.05) is 0 Å². The Morgan fingerprint density at radius 3 is 2.75 bits per heavy atom. The minimum absolute atomic E-state index is 0.249. The summed E-state index contributed by atoms with van der Waals surface area (Å²) in [5.41, 5.74) is 7.02. The summed E-state index contributed by atoms with van der Waals surface area (Å²) in [6, 6.07) is 3.10. The SMILES string of the molecule is CCOc1cc(C=Nn2cc(C)nc2N)c(Cl)cc1OCC(=O)O. The Kier molecular flexibility index (Phi) is 5.64. The summed E-state index contributed by atoms with van der Waals surface area (Å²) in [5.74, 6) is -0.213. The van der Waals surface area contributed by atoms with Crippen LogP contribution in [0, 0.1) is 6.92 Å². The highest BCUT2D eigenvalue weighted by molar-refractivity contribution is 6.33. The first-order valence-corrected chi connectivity index (χ1v) is 7.45. The number of carbonyl (C=O) groups is 1. The summed E-state index contributed by atoms with van der Waals surface area (Å²) in [6.07, 6.45) is 3.18. The molecule has 1 aromatic carbocycles. The van der Waals surface area contributed by atoms with E-state index in [0.29, 0.717) is 22.9 Å². The van der Waals surface area contributed by atoms with E-state index in [0.717, 1.165) is 5.69 Å². The van der Waals surface area contributed by atoms with Gasteiger partial charge in [0.25, 0.3) is 0 Å². The molecule has 0 radical (unpaired) electrons. The highest BCUT2D eigenvalue weighted by Crippen LogP contribution is 2.33. The average molecular weight is 353 g/mol. The minimum Gasteiger partial charge on any atom is -0.490 e. The standard InChI is InChI=1S/C15H17ClN4O4/c1-3-23-12-4-10(6-18-20-7-9(2)19-15(20)17)11(16)5-13(12)24-8-14(21)22/h4-7H,3,8H2,1-2H3,(H2,17,19)(H,21,22). The van der Waals surface area contributed by atoms with Crippen molar-refractivity contribution in [1.29, 1.82) is 0 Å². The summed E-state index contributed by atoms with van der Waals surface area (Å²) in [4.78, 5) is 14.7. The van der Waals surface area contributed by atoms with Crippen molar-refractivity contribution < 1.29 is 19.4 Å². The highest BCUT2D eigenvalue weighted by atomic mass is 35.5. The van der Waals surface area contributed by atoms with Gasteiger partial charge in [-0.05, 0) is 19.9 Å². The van der Waals surface area contributed by atoms with E-state index < -0.39 is 12.6 Å². The Morgan fingerprint density at radius 2 is 2.17 bits per heavy atom. The molecule has 2 aromatic rings. The molecule has 0 atom stereocenters. The Bertz CT molecular complexity index is 773. The summed E-state index contributed by atoms with van der Waals surface area (Å²) in [6.45, 7) is 3.50. The number of halogens is 1. The lowest BCUT2D eigenvalue weighted by Crippen LogP contribution is -2.10. The number of benzene rings is 1. The zero-order chi connectivity index (χ0) is 17.7. The zero-order valence-corrected chi connectivity index (χ0v) is 13.9. The van der Waals surface area contributed by atoms with Crippen LogP contribution in [0.1, 0.15) is 18.2 Å². The van der Waals surface area contributed by atoms with Crippen molar-refractivity contribution in [2.24, 2.45) is 5.10 Å². The molecule has 0 saturated carbocycles.